The lowest BCUT2D eigenvalue weighted by atomic mass is 10.00. The highest BCUT2D eigenvalue weighted by Gasteiger charge is 2.84. The molecular weight excluding hydrogens is 496 g/mol. The molecule has 0 bridgehead atoms. The van der Waals surface area contributed by atoms with E-state index < -0.39 is 59.3 Å². The Balaban J connectivity index is 6.12. The van der Waals surface area contributed by atoms with Gasteiger partial charge in [-0.15, -0.1) is 0 Å². The third-order valence-electron chi connectivity index (χ3n) is 3.32. The Labute approximate surface area is 159 Å². The molecule has 0 amide bonds. The fourth-order valence-corrected chi connectivity index (χ4v) is 1.41. The normalized spacial score (nSPS) is 18.8. The second-order valence-corrected chi connectivity index (χ2v) is 5.49. The molecule has 0 aromatic heterocycles. The van der Waals surface area contributed by atoms with Crippen molar-refractivity contribution in [1.29, 1.82) is 0 Å². The SMILES string of the molecule is C=C(OC(=C)C(O)(F)C(F)(F)C(F)(F)C(F)(F)F)C(O)(F)C(F)(F)C(F)(F)C(F)(F)F. The molecule has 0 saturated carbocycles. The molecule has 0 radical (unpaired) electrons. The van der Waals surface area contributed by atoms with Crippen molar-refractivity contribution in [3.63, 3.8) is 0 Å². The molecule has 0 aliphatic carbocycles. The highest BCUT2D eigenvalue weighted by molar-refractivity contribution is 5.19. The molecule has 2 unspecified atom stereocenters. The van der Waals surface area contributed by atoms with Gasteiger partial charge in [0, 0.05) is 0 Å². The Morgan fingerprint density at radius 2 is 0.645 bits per heavy atom. The van der Waals surface area contributed by atoms with E-state index in [1.807, 2.05) is 0 Å². The fourth-order valence-electron chi connectivity index (χ4n) is 1.41. The first-order valence-electron chi connectivity index (χ1n) is 6.59. The Hall–Kier alpha value is -1.92. The quantitative estimate of drug-likeness (QED) is 0.363. The van der Waals surface area contributed by atoms with Crippen molar-refractivity contribution in [2.45, 2.75) is 47.8 Å². The summed E-state index contributed by atoms with van der Waals surface area (Å²) in [5, 5.41) is 17.3. The zero-order valence-corrected chi connectivity index (χ0v) is 13.8. The summed E-state index contributed by atoms with van der Waals surface area (Å²) in [7, 11) is 0. The molecule has 0 aliphatic heterocycles. The molecule has 31 heavy (non-hydrogen) atoms. The van der Waals surface area contributed by atoms with E-state index in [0.29, 0.717) is 0 Å². The van der Waals surface area contributed by atoms with Crippen molar-refractivity contribution in [2.75, 3.05) is 0 Å². The van der Waals surface area contributed by atoms with Gasteiger partial charge in [0.2, 0.25) is 0 Å². The molecule has 0 aromatic rings. The maximum Gasteiger partial charge on any atom is 0.460 e. The Bertz CT molecular complexity index is 654. The van der Waals surface area contributed by atoms with Crippen LogP contribution in [0, 0.1) is 0 Å². The summed E-state index contributed by atoms with van der Waals surface area (Å²) in [5.41, 5.74) is 0. The van der Waals surface area contributed by atoms with E-state index in [4.69, 9.17) is 10.2 Å². The van der Waals surface area contributed by atoms with Crippen LogP contribution >= 0.6 is 0 Å². The number of aliphatic hydroxyl groups is 2. The third-order valence-corrected chi connectivity index (χ3v) is 3.32. The van der Waals surface area contributed by atoms with Crippen LogP contribution in [0.25, 0.3) is 0 Å². The molecule has 0 fully saturated rings. The molecule has 0 aromatic carbocycles. The molecule has 0 heterocycles. The monoisotopic (exact) mass is 502 g/mol. The number of rotatable bonds is 8. The first kappa shape index (κ1) is 29.1. The summed E-state index contributed by atoms with van der Waals surface area (Å²) in [5.74, 6) is -49.2. The summed E-state index contributed by atoms with van der Waals surface area (Å²) in [4.78, 5) is 0. The summed E-state index contributed by atoms with van der Waals surface area (Å²) in [6.45, 7) is 3.43. The van der Waals surface area contributed by atoms with Crippen LogP contribution in [0.15, 0.2) is 24.7 Å². The number of alkyl halides is 16. The summed E-state index contributed by atoms with van der Waals surface area (Å²) >= 11 is 0. The summed E-state index contributed by atoms with van der Waals surface area (Å²) in [6.07, 6.45) is -14.6. The molecular formula is C12H6F16O3. The van der Waals surface area contributed by atoms with Gasteiger partial charge in [0.15, 0.2) is 11.5 Å². The first-order valence-corrected chi connectivity index (χ1v) is 6.59. The van der Waals surface area contributed by atoms with Crippen LogP contribution in [0.5, 0.6) is 0 Å². The van der Waals surface area contributed by atoms with Gasteiger partial charge >= 0.3 is 47.8 Å². The molecule has 0 rings (SSSR count). The van der Waals surface area contributed by atoms with Crippen LogP contribution in [0.1, 0.15) is 0 Å². The minimum atomic E-state index is -7.48. The van der Waals surface area contributed by atoms with E-state index in [-0.39, 0.29) is 0 Å². The second-order valence-electron chi connectivity index (χ2n) is 5.49. The van der Waals surface area contributed by atoms with Gasteiger partial charge in [-0.1, -0.05) is 13.2 Å². The first-order chi connectivity index (χ1) is 13.0. The van der Waals surface area contributed by atoms with Gasteiger partial charge in [-0.05, 0) is 0 Å². The van der Waals surface area contributed by atoms with Crippen molar-refractivity contribution >= 4 is 0 Å². The average molecular weight is 502 g/mol. The van der Waals surface area contributed by atoms with Gasteiger partial charge in [0.05, 0.1) is 0 Å². The van der Waals surface area contributed by atoms with Crippen LogP contribution in [0.4, 0.5) is 70.2 Å². The standard InChI is InChI=1S/C12H6F16O3/c1-3(5(13,29)7(15,16)9(19,20)11(23,24)25)31-4(2)6(14,30)8(17,18)10(21,22)12(26,27)28/h29-30H,1-2H2. The van der Waals surface area contributed by atoms with Crippen LogP contribution in [-0.4, -0.2) is 58.0 Å². The van der Waals surface area contributed by atoms with E-state index in [9.17, 15) is 70.2 Å². The van der Waals surface area contributed by atoms with Crippen LogP contribution in [0.2, 0.25) is 0 Å². The van der Waals surface area contributed by atoms with Crippen LogP contribution < -0.4 is 0 Å². The van der Waals surface area contributed by atoms with Gasteiger partial charge in [-0.2, -0.15) is 70.2 Å². The molecule has 3 nitrogen and oxygen atoms in total. The molecule has 0 aliphatic rings. The van der Waals surface area contributed by atoms with Crippen LogP contribution in [0.3, 0.4) is 0 Å². The maximum atomic E-state index is 13.6. The minimum absolute atomic E-state index is 1.71. The van der Waals surface area contributed by atoms with Gasteiger partial charge in [-0.3, -0.25) is 0 Å². The number of hydrogen-bond acceptors (Lipinski definition) is 3. The van der Waals surface area contributed by atoms with E-state index >= 15 is 0 Å². The number of halogens is 16. The lowest BCUT2D eigenvalue weighted by Gasteiger charge is -2.38. The minimum Gasteiger partial charge on any atom is -0.455 e. The number of hydrogen-bond donors (Lipinski definition) is 2. The predicted molar refractivity (Wildman–Crippen MR) is 63.4 cm³/mol. The largest absolute Gasteiger partial charge is 0.460 e. The smallest absolute Gasteiger partial charge is 0.455 e. The molecule has 19 heteroatoms. The fraction of sp³-hybridized carbons (Fsp3) is 0.667. The topological polar surface area (TPSA) is 49.7 Å². The molecule has 0 saturated heterocycles. The summed E-state index contributed by atoms with van der Waals surface area (Å²) < 4.78 is 206. The lowest BCUT2D eigenvalue weighted by Crippen LogP contribution is -2.64. The molecule has 0 spiro atoms. The molecule has 2 atom stereocenters. The van der Waals surface area contributed by atoms with Gasteiger partial charge in [0.25, 0.3) is 0 Å². The highest BCUT2D eigenvalue weighted by Crippen LogP contribution is 2.56. The van der Waals surface area contributed by atoms with Crippen molar-refractivity contribution in [1.82, 2.24) is 0 Å². The molecule has 184 valence electrons. The van der Waals surface area contributed by atoms with E-state index in [0.717, 1.165) is 0 Å². The van der Waals surface area contributed by atoms with E-state index in [2.05, 4.69) is 4.74 Å². The zero-order chi connectivity index (χ0) is 25.9. The number of ether oxygens (including phenoxy) is 1. The zero-order valence-electron chi connectivity index (χ0n) is 13.8. The molecule has 2 N–H and O–H groups in total. The van der Waals surface area contributed by atoms with E-state index in [1.54, 1.807) is 13.2 Å². The van der Waals surface area contributed by atoms with Crippen molar-refractivity contribution in [3.05, 3.63) is 24.7 Å². The van der Waals surface area contributed by atoms with Crippen molar-refractivity contribution in [2.24, 2.45) is 0 Å². The van der Waals surface area contributed by atoms with E-state index in [1.165, 1.54) is 0 Å². The Morgan fingerprint density at radius 1 is 0.452 bits per heavy atom. The van der Waals surface area contributed by atoms with Gasteiger partial charge in [-0.25, -0.2) is 0 Å². The third kappa shape index (κ3) is 4.12. The highest BCUT2D eigenvalue weighted by atomic mass is 19.4. The van der Waals surface area contributed by atoms with Gasteiger partial charge < -0.3 is 14.9 Å². The maximum absolute atomic E-state index is 13.6. The average Bonchev–Trinajstić information content (AvgIpc) is 2.51. The summed E-state index contributed by atoms with van der Waals surface area (Å²) in [6, 6.07) is 0. The second kappa shape index (κ2) is 7.31. The Morgan fingerprint density at radius 3 is 0.806 bits per heavy atom. The van der Waals surface area contributed by atoms with Gasteiger partial charge in [0.1, 0.15) is 0 Å². The van der Waals surface area contributed by atoms with Crippen molar-refractivity contribution in [3.8, 4) is 0 Å². The van der Waals surface area contributed by atoms with Crippen molar-refractivity contribution < 1.29 is 85.2 Å². The lowest BCUT2D eigenvalue weighted by molar-refractivity contribution is -0.409. The van der Waals surface area contributed by atoms with Crippen LogP contribution in [-0.2, 0) is 4.74 Å². The predicted octanol–water partition coefficient (Wildman–Crippen LogP) is 5.01. The Kier molecular flexibility index (Phi) is 6.86.